The first-order chi connectivity index (χ1) is 13.0. The van der Waals surface area contributed by atoms with Crippen molar-refractivity contribution in [3.63, 3.8) is 0 Å². The third-order valence-electron chi connectivity index (χ3n) is 6.41. The number of piperazine rings is 1. The Morgan fingerprint density at radius 2 is 1.59 bits per heavy atom. The van der Waals surface area contributed by atoms with E-state index in [0.29, 0.717) is 18.9 Å². The fourth-order valence-electron chi connectivity index (χ4n) is 4.91. The molecule has 3 atom stereocenters. The summed E-state index contributed by atoms with van der Waals surface area (Å²) in [6.45, 7) is 2.77. The highest BCUT2D eigenvalue weighted by Crippen LogP contribution is 2.40. The van der Waals surface area contributed by atoms with E-state index in [9.17, 15) is 19.7 Å². The third kappa shape index (κ3) is 3.55. The van der Waals surface area contributed by atoms with E-state index in [1.807, 2.05) is 4.90 Å². The average Bonchev–Trinajstić information content (AvgIpc) is 2.67. The van der Waals surface area contributed by atoms with Gasteiger partial charge in [-0.1, -0.05) is 6.42 Å². The number of Topliss-reactive ketones (excluding diaryl/α,β-unsaturated/α-hetero) is 1. The Morgan fingerprint density at radius 1 is 1.00 bits per heavy atom. The lowest BCUT2D eigenvalue weighted by molar-refractivity contribution is -0.384. The van der Waals surface area contributed by atoms with E-state index in [1.54, 1.807) is 12.1 Å². The molecular formula is C20H25N3O4. The van der Waals surface area contributed by atoms with Crippen LogP contribution in [0, 0.1) is 27.9 Å². The number of amides is 1. The van der Waals surface area contributed by atoms with E-state index in [4.69, 9.17) is 0 Å². The van der Waals surface area contributed by atoms with Gasteiger partial charge in [0.2, 0.25) is 5.91 Å². The second-order valence-corrected chi connectivity index (χ2v) is 7.98. The summed E-state index contributed by atoms with van der Waals surface area (Å²) in [7, 11) is 0. The Morgan fingerprint density at radius 3 is 2.15 bits per heavy atom. The van der Waals surface area contributed by atoms with Gasteiger partial charge in [-0.25, -0.2) is 0 Å². The van der Waals surface area contributed by atoms with Gasteiger partial charge in [-0.2, -0.15) is 0 Å². The standard InChI is InChI=1S/C20H25N3O4/c24-19-14-2-1-3-15(19)13-16(12-14)20(25)22-10-8-21(9-11-22)17-4-6-18(7-5-17)23(26)27/h4-7,14-16H,1-3,8-13H2/t14-,15+,16?. The number of hydrogen-bond donors (Lipinski definition) is 0. The highest BCUT2D eigenvalue weighted by atomic mass is 16.6. The molecule has 144 valence electrons. The number of nitro groups is 1. The van der Waals surface area contributed by atoms with Gasteiger partial charge in [0.1, 0.15) is 5.78 Å². The van der Waals surface area contributed by atoms with Crippen LogP contribution in [-0.2, 0) is 9.59 Å². The molecule has 27 heavy (non-hydrogen) atoms. The number of ketones is 1. The van der Waals surface area contributed by atoms with Gasteiger partial charge < -0.3 is 9.80 Å². The van der Waals surface area contributed by atoms with E-state index < -0.39 is 4.92 Å². The van der Waals surface area contributed by atoms with E-state index in [-0.39, 0.29) is 29.3 Å². The summed E-state index contributed by atoms with van der Waals surface area (Å²) in [5.41, 5.74) is 1.04. The predicted molar refractivity (Wildman–Crippen MR) is 100 cm³/mol. The molecule has 3 fully saturated rings. The van der Waals surface area contributed by atoms with Gasteiger partial charge in [-0.3, -0.25) is 19.7 Å². The number of hydrogen-bond acceptors (Lipinski definition) is 5. The molecule has 2 saturated carbocycles. The predicted octanol–water partition coefficient (Wildman–Crippen LogP) is 2.64. The van der Waals surface area contributed by atoms with Gasteiger partial charge >= 0.3 is 0 Å². The van der Waals surface area contributed by atoms with E-state index in [0.717, 1.165) is 50.9 Å². The molecule has 4 rings (SSSR count). The summed E-state index contributed by atoms with van der Waals surface area (Å²) in [6.07, 6.45) is 4.49. The molecule has 1 aliphatic heterocycles. The average molecular weight is 371 g/mol. The van der Waals surface area contributed by atoms with Crippen molar-refractivity contribution < 1.29 is 14.5 Å². The normalized spacial score (nSPS) is 28.1. The minimum Gasteiger partial charge on any atom is -0.368 e. The molecule has 0 N–H and O–H groups in total. The molecule has 0 aromatic heterocycles. The maximum absolute atomic E-state index is 13.0. The lowest BCUT2D eigenvalue weighted by atomic mass is 9.67. The van der Waals surface area contributed by atoms with Crippen LogP contribution >= 0.6 is 0 Å². The monoisotopic (exact) mass is 371 g/mol. The SMILES string of the molecule is O=C1[C@@H]2CCC[C@H]1CC(C(=O)N1CCN(c3ccc([N+](=O)[O-])cc3)CC1)C2. The molecule has 0 radical (unpaired) electrons. The molecule has 2 aliphatic carbocycles. The Bertz CT molecular complexity index is 724. The highest BCUT2D eigenvalue weighted by molar-refractivity contribution is 5.88. The zero-order chi connectivity index (χ0) is 19.0. The number of nitro benzene ring substituents is 1. The van der Waals surface area contributed by atoms with Crippen LogP contribution < -0.4 is 4.90 Å². The van der Waals surface area contributed by atoms with Crippen LogP contribution in [0.2, 0.25) is 0 Å². The summed E-state index contributed by atoms with van der Waals surface area (Å²) in [4.78, 5) is 39.7. The lowest BCUT2D eigenvalue weighted by Crippen LogP contribution is -2.52. The van der Waals surface area contributed by atoms with Gasteiger partial charge in [0.05, 0.1) is 4.92 Å². The third-order valence-corrected chi connectivity index (χ3v) is 6.41. The van der Waals surface area contributed by atoms with Crippen molar-refractivity contribution in [2.45, 2.75) is 32.1 Å². The van der Waals surface area contributed by atoms with Gasteiger partial charge in [0.15, 0.2) is 0 Å². The summed E-state index contributed by atoms with van der Waals surface area (Å²) in [6, 6.07) is 6.57. The van der Waals surface area contributed by atoms with Gasteiger partial charge in [-0.05, 0) is 37.8 Å². The van der Waals surface area contributed by atoms with Crippen molar-refractivity contribution in [3.8, 4) is 0 Å². The summed E-state index contributed by atoms with van der Waals surface area (Å²) in [5, 5.41) is 10.8. The Balaban J connectivity index is 1.34. The Hall–Kier alpha value is -2.44. The molecule has 7 heteroatoms. The van der Waals surface area contributed by atoms with Crippen LogP contribution in [0.4, 0.5) is 11.4 Å². The molecule has 1 saturated heterocycles. The van der Waals surface area contributed by atoms with Crippen LogP contribution in [0.1, 0.15) is 32.1 Å². The van der Waals surface area contributed by atoms with Gasteiger partial charge in [-0.15, -0.1) is 0 Å². The number of non-ortho nitro benzene ring substituents is 1. The van der Waals surface area contributed by atoms with Gasteiger partial charge in [0.25, 0.3) is 5.69 Å². The fourth-order valence-corrected chi connectivity index (χ4v) is 4.91. The van der Waals surface area contributed by atoms with E-state index in [1.165, 1.54) is 12.1 Å². The minimum absolute atomic E-state index is 0.00363. The first kappa shape index (κ1) is 17.9. The second-order valence-electron chi connectivity index (χ2n) is 7.98. The summed E-state index contributed by atoms with van der Waals surface area (Å²) < 4.78 is 0. The zero-order valence-corrected chi connectivity index (χ0v) is 15.4. The smallest absolute Gasteiger partial charge is 0.269 e. The van der Waals surface area contributed by atoms with Crippen LogP contribution in [0.3, 0.4) is 0 Å². The topological polar surface area (TPSA) is 83.8 Å². The maximum Gasteiger partial charge on any atom is 0.269 e. The molecule has 1 aromatic rings. The number of fused-ring (bicyclic) bond motifs is 2. The number of carbonyl (C=O) groups is 2. The van der Waals surface area contributed by atoms with Crippen LogP contribution in [-0.4, -0.2) is 47.7 Å². The number of carbonyl (C=O) groups excluding carboxylic acids is 2. The Labute approximate surface area is 158 Å². The first-order valence-corrected chi connectivity index (χ1v) is 9.85. The molecule has 1 amide bonds. The zero-order valence-electron chi connectivity index (χ0n) is 15.4. The van der Waals surface area contributed by atoms with Crippen LogP contribution in [0.15, 0.2) is 24.3 Å². The fraction of sp³-hybridized carbons (Fsp3) is 0.600. The van der Waals surface area contributed by atoms with Crippen molar-refractivity contribution in [2.24, 2.45) is 17.8 Å². The van der Waals surface area contributed by atoms with E-state index >= 15 is 0 Å². The minimum atomic E-state index is -0.398. The molecule has 1 unspecified atom stereocenters. The molecule has 3 aliphatic rings. The lowest BCUT2D eigenvalue weighted by Gasteiger charge is -2.41. The number of nitrogens with zero attached hydrogens (tertiary/aromatic N) is 3. The van der Waals surface area contributed by atoms with Crippen LogP contribution in [0.25, 0.3) is 0 Å². The second kappa shape index (κ2) is 7.29. The molecule has 0 spiro atoms. The summed E-state index contributed by atoms with van der Waals surface area (Å²) in [5.74, 6) is 0.820. The summed E-state index contributed by atoms with van der Waals surface area (Å²) >= 11 is 0. The molecule has 7 nitrogen and oxygen atoms in total. The maximum atomic E-state index is 13.0. The molecular weight excluding hydrogens is 346 g/mol. The van der Waals surface area contributed by atoms with Gasteiger partial charge in [0, 0.05) is 61.8 Å². The Kier molecular flexibility index (Phi) is 4.85. The van der Waals surface area contributed by atoms with E-state index in [2.05, 4.69) is 4.90 Å². The number of rotatable bonds is 3. The van der Waals surface area contributed by atoms with Crippen molar-refractivity contribution in [2.75, 3.05) is 31.1 Å². The largest absolute Gasteiger partial charge is 0.368 e. The molecule has 1 heterocycles. The quantitative estimate of drug-likeness (QED) is 0.602. The highest BCUT2D eigenvalue weighted by Gasteiger charge is 2.42. The first-order valence-electron chi connectivity index (χ1n) is 9.85. The van der Waals surface area contributed by atoms with Crippen LogP contribution in [0.5, 0.6) is 0 Å². The van der Waals surface area contributed by atoms with Crippen molar-refractivity contribution >= 4 is 23.1 Å². The number of anilines is 1. The van der Waals surface area contributed by atoms with Crippen molar-refractivity contribution in [3.05, 3.63) is 34.4 Å². The molecule has 2 bridgehead atoms. The molecule has 1 aromatic carbocycles. The number of benzene rings is 1. The van der Waals surface area contributed by atoms with Crippen molar-refractivity contribution in [1.82, 2.24) is 4.90 Å². The van der Waals surface area contributed by atoms with Crippen molar-refractivity contribution in [1.29, 1.82) is 0 Å².